The lowest BCUT2D eigenvalue weighted by atomic mass is 9.84. The predicted octanol–water partition coefficient (Wildman–Crippen LogP) is 4.85. The zero-order valence-electron chi connectivity index (χ0n) is 11.4. The highest BCUT2D eigenvalue weighted by Crippen LogP contribution is 2.54. The minimum atomic E-state index is 0.512. The van der Waals surface area contributed by atoms with Crippen LogP contribution in [0.2, 0.25) is 0 Å². The molecule has 0 unspecified atom stereocenters. The zero-order valence-corrected chi connectivity index (χ0v) is 11.4. The van der Waals surface area contributed by atoms with E-state index in [4.69, 9.17) is 0 Å². The van der Waals surface area contributed by atoms with Crippen molar-refractivity contribution in [3.05, 3.63) is 71.8 Å². The molecule has 0 amide bonds. The van der Waals surface area contributed by atoms with Crippen molar-refractivity contribution < 1.29 is 0 Å². The van der Waals surface area contributed by atoms with Crippen LogP contribution in [0.25, 0.3) is 32.3 Å². The molecule has 21 heavy (non-hydrogen) atoms. The smallest absolute Gasteiger partial charge is 0.0530 e. The van der Waals surface area contributed by atoms with Crippen LogP contribution < -0.4 is 5.32 Å². The van der Waals surface area contributed by atoms with Crippen molar-refractivity contribution in [1.29, 1.82) is 0 Å². The van der Waals surface area contributed by atoms with Gasteiger partial charge in [0.2, 0.25) is 0 Å². The third-order valence-electron chi connectivity index (χ3n) is 5.18. The van der Waals surface area contributed by atoms with E-state index in [1.807, 2.05) is 0 Å². The third-order valence-corrected chi connectivity index (χ3v) is 5.18. The van der Waals surface area contributed by atoms with Gasteiger partial charge in [-0.05, 0) is 49.5 Å². The second-order valence-corrected chi connectivity index (χ2v) is 6.24. The van der Waals surface area contributed by atoms with E-state index in [2.05, 4.69) is 66.0 Å². The maximum atomic E-state index is 3.66. The van der Waals surface area contributed by atoms with E-state index >= 15 is 0 Å². The van der Waals surface area contributed by atoms with Gasteiger partial charge in [-0.2, -0.15) is 0 Å². The average Bonchev–Trinajstić information content (AvgIpc) is 3.34. The van der Waals surface area contributed by atoms with Gasteiger partial charge in [0, 0.05) is 0 Å². The minimum Gasteiger partial charge on any atom is -0.300 e. The van der Waals surface area contributed by atoms with Gasteiger partial charge in [-0.25, -0.2) is 0 Å². The molecule has 1 aliphatic heterocycles. The van der Waals surface area contributed by atoms with E-state index in [1.54, 1.807) is 0 Å². The van der Waals surface area contributed by atoms with Gasteiger partial charge >= 0.3 is 0 Å². The monoisotopic (exact) mass is 267 g/mol. The van der Waals surface area contributed by atoms with Crippen molar-refractivity contribution in [2.75, 3.05) is 0 Å². The molecular weight excluding hydrogens is 254 g/mol. The van der Waals surface area contributed by atoms with Crippen molar-refractivity contribution in [2.24, 2.45) is 0 Å². The van der Waals surface area contributed by atoms with Crippen LogP contribution in [0.15, 0.2) is 60.7 Å². The topological polar surface area (TPSA) is 21.9 Å². The summed E-state index contributed by atoms with van der Waals surface area (Å²) in [5, 5.41) is 12.1. The average molecular weight is 267 g/mol. The van der Waals surface area contributed by atoms with Crippen molar-refractivity contribution in [2.45, 2.75) is 12.1 Å². The van der Waals surface area contributed by atoms with Gasteiger partial charge < -0.3 is 0 Å². The quantitative estimate of drug-likeness (QED) is 0.357. The zero-order chi connectivity index (χ0) is 13.6. The lowest BCUT2D eigenvalue weighted by Gasteiger charge is -2.18. The first-order valence-corrected chi connectivity index (χ1v) is 7.55. The van der Waals surface area contributed by atoms with Crippen LogP contribution in [-0.2, 0) is 0 Å². The minimum absolute atomic E-state index is 0.512. The Morgan fingerprint density at radius 1 is 0.619 bits per heavy atom. The molecule has 1 saturated heterocycles. The fourth-order valence-electron chi connectivity index (χ4n) is 4.22. The van der Waals surface area contributed by atoms with Gasteiger partial charge in [-0.1, -0.05) is 54.6 Å². The summed E-state index contributed by atoms with van der Waals surface area (Å²) < 4.78 is 0. The van der Waals surface area contributed by atoms with E-state index in [1.165, 1.54) is 43.4 Å². The number of fused-ring (bicyclic) bond motifs is 5. The molecular formula is C20H13N. The largest absolute Gasteiger partial charge is 0.300 e. The van der Waals surface area contributed by atoms with Crippen molar-refractivity contribution in [1.82, 2.24) is 5.32 Å². The Balaban J connectivity index is 2.00. The molecule has 98 valence electrons. The van der Waals surface area contributed by atoms with Gasteiger partial charge in [0.05, 0.1) is 12.1 Å². The highest BCUT2D eigenvalue weighted by molar-refractivity contribution is 6.20. The maximum Gasteiger partial charge on any atom is 0.0530 e. The Morgan fingerprint density at radius 2 is 1.48 bits per heavy atom. The third kappa shape index (κ3) is 1.13. The fraction of sp³-hybridized carbons (Fsp3) is 0.100. The molecule has 1 heterocycles. The van der Waals surface area contributed by atoms with Crippen molar-refractivity contribution >= 4 is 32.3 Å². The maximum absolute atomic E-state index is 3.66. The summed E-state index contributed by atoms with van der Waals surface area (Å²) in [6, 6.07) is 23.5. The number of hydrogen-bond acceptors (Lipinski definition) is 1. The standard InChI is InChI=1S/C20H13N/c1-2-6-13-12(4-1)10-16-18-14(13)9-8-11-5-3-7-15(17(11)18)19-20(16)21-19/h1-10,19-21H/t19-,20+/m0/s1. The van der Waals surface area contributed by atoms with Crippen LogP contribution in [0, 0.1) is 0 Å². The molecule has 1 fully saturated rings. The summed E-state index contributed by atoms with van der Waals surface area (Å²) >= 11 is 0. The van der Waals surface area contributed by atoms with Crippen molar-refractivity contribution in [3.8, 4) is 0 Å². The molecule has 1 aliphatic carbocycles. The summed E-state index contributed by atoms with van der Waals surface area (Å²) in [4.78, 5) is 0. The Labute approximate surface area is 122 Å². The summed E-state index contributed by atoms with van der Waals surface area (Å²) in [5.74, 6) is 0. The molecule has 2 aliphatic rings. The van der Waals surface area contributed by atoms with E-state index in [9.17, 15) is 0 Å². The summed E-state index contributed by atoms with van der Waals surface area (Å²) in [5.41, 5.74) is 2.96. The first-order valence-electron chi connectivity index (χ1n) is 7.55. The number of rotatable bonds is 0. The SMILES string of the molecule is c1ccc2c(c1)cc1c3c2ccc2cccc(c23)[C@@H]2N[C@H]12. The van der Waals surface area contributed by atoms with E-state index in [-0.39, 0.29) is 0 Å². The summed E-state index contributed by atoms with van der Waals surface area (Å²) in [6.07, 6.45) is 0. The van der Waals surface area contributed by atoms with Gasteiger partial charge in [0.25, 0.3) is 0 Å². The predicted molar refractivity (Wildman–Crippen MR) is 87.6 cm³/mol. The molecule has 1 heteroatoms. The van der Waals surface area contributed by atoms with E-state index in [0.29, 0.717) is 12.1 Å². The molecule has 0 bridgehead atoms. The molecule has 1 N–H and O–H groups in total. The fourth-order valence-corrected chi connectivity index (χ4v) is 4.22. The Bertz CT molecular complexity index is 1080. The van der Waals surface area contributed by atoms with Gasteiger partial charge in [-0.15, -0.1) is 0 Å². The lowest BCUT2D eigenvalue weighted by molar-refractivity contribution is 1.04. The number of nitrogens with one attached hydrogen (secondary N) is 1. The molecule has 4 aromatic carbocycles. The van der Waals surface area contributed by atoms with E-state index < -0.39 is 0 Å². The Kier molecular flexibility index (Phi) is 1.61. The Hall–Kier alpha value is -2.38. The first-order chi connectivity index (χ1) is 10.4. The molecule has 4 aromatic rings. The van der Waals surface area contributed by atoms with Crippen LogP contribution in [0.4, 0.5) is 0 Å². The molecule has 0 aromatic heterocycles. The normalized spacial score (nSPS) is 22.1. The highest BCUT2D eigenvalue weighted by atomic mass is 15.2. The summed E-state index contributed by atoms with van der Waals surface area (Å²) in [7, 11) is 0. The molecule has 0 radical (unpaired) electrons. The lowest BCUT2D eigenvalue weighted by Crippen LogP contribution is -1.97. The van der Waals surface area contributed by atoms with Crippen LogP contribution in [0.1, 0.15) is 23.2 Å². The van der Waals surface area contributed by atoms with Crippen LogP contribution >= 0.6 is 0 Å². The second-order valence-electron chi connectivity index (χ2n) is 6.24. The number of benzene rings is 4. The summed E-state index contributed by atoms with van der Waals surface area (Å²) in [6.45, 7) is 0. The first kappa shape index (κ1) is 10.4. The van der Waals surface area contributed by atoms with Gasteiger partial charge in [0.1, 0.15) is 0 Å². The Morgan fingerprint density at radius 3 is 2.48 bits per heavy atom. The van der Waals surface area contributed by atoms with Crippen LogP contribution in [0.5, 0.6) is 0 Å². The molecule has 6 rings (SSSR count). The highest BCUT2D eigenvalue weighted by Gasteiger charge is 2.44. The molecule has 2 atom stereocenters. The van der Waals surface area contributed by atoms with E-state index in [0.717, 1.165) is 0 Å². The van der Waals surface area contributed by atoms with Crippen molar-refractivity contribution in [3.63, 3.8) is 0 Å². The second kappa shape index (κ2) is 3.26. The molecule has 0 saturated carbocycles. The number of hydrogen-bond donors (Lipinski definition) is 1. The van der Waals surface area contributed by atoms with Crippen LogP contribution in [0.3, 0.4) is 0 Å². The van der Waals surface area contributed by atoms with Crippen LogP contribution in [-0.4, -0.2) is 0 Å². The molecule has 1 nitrogen and oxygen atoms in total. The van der Waals surface area contributed by atoms with Gasteiger partial charge in [-0.3, -0.25) is 5.32 Å². The molecule has 0 spiro atoms. The van der Waals surface area contributed by atoms with Gasteiger partial charge in [0.15, 0.2) is 0 Å².